The number of hydrogen-bond acceptors (Lipinski definition) is 13. The lowest BCUT2D eigenvalue weighted by molar-refractivity contribution is -0.178. The van der Waals surface area contributed by atoms with Crippen LogP contribution in [0.4, 0.5) is 10.5 Å². The molecular weight excluding hydrogens is 903 g/mol. The molecule has 16 nitrogen and oxygen atoms in total. The summed E-state index contributed by atoms with van der Waals surface area (Å²) in [6.45, 7) is -0.157. The fourth-order valence-corrected chi connectivity index (χ4v) is 10.4. The van der Waals surface area contributed by atoms with Crippen molar-refractivity contribution in [1.29, 1.82) is 0 Å². The molecule has 1 spiro atoms. The summed E-state index contributed by atoms with van der Waals surface area (Å²) >= 11 is 0. The van der Waals surface area contributed by atoms with E-state index in [2.05, 4.69) is 32.5 Å². The van der Waals surface area contributed by atoms with E-state index < -0.39 is 59.4 Å². The van der Waals surface area contributed by atoms with Gasteiger partial charge >= 0.3 is 12.1 Å². The molecule has 16 heteroatoms. The van der Waals surface area contributed by atoms with Crippen molar-refractivity contribution in [2.75, 3.05) is 45.0 Å². The Bertz CT molecular complexity index is 3140. The molecule has 0 radical (unpaired) electrons. The number of imide groups is 1. The van der Waals surface area contributed by atoms with Crippen LogP contribution in [0.5, 0.6) is 5.75 Å². The molecule has 2 fully saturated rings. The van der Waals surface area contributed by atoms with E-state index in [4.69, 9.17) is 18.9 Å². The van der Waals surface area contributed by atoms with Crippen LogP contribution in [0.3, 0.4) is 0 Å². The van der Waals surface area contributed by atoms with Crippen molar-refractivity contribution in [3.05, 3.63) is 185 Å². The van der Waals surface area contributed by atoms with Gasteiger partial charge in [-0.3, -0.25) is 24.3 Å². The van der Waals surface area contributed by atoms with Crippen LogP contribution in [0, 0.1) is 17.8 Å². The highest BCUT2D eigenvalue weighted by Gasteiger charge is 2.75. The van der Waals surface area contributed by atoms with Gasteiger partial charge in [-0.1, -0.05) is 108 Å². The van der Waals surface area contributed by atoms with Crippen molar-refractivity contribution in [2.45, 2.75) is 42.6 Å². The molecule has 3 amide bonds. The monoisotopic (exact) mass is 951 g/mol. The van der Waals surface area contributed by atoms with Crippen molar-refractivity contribution in [3.8, 4) is 17.6 Å². The number of esters is 1. The zero-order chi connectivity index (χ0) is 48.9. The van der Waals surface area contributed by atoms with Crippen molar-refractivity contribution in [2.24, 2.45) is 5.92 Å². The Kier molecular flexibility index (Phi) is 13.4. The average molecular weight is 952 g/mol. The van der Waals surface area contributed by atoms with Gasteiger partial charge in [0.25, 0.3) is 0 Å². The normalized spacial score (nSPS) is 21.3. The SMILES string of the molecule is COCCOC(=O)N1C(=O)[C@@]2(c3cc(C#CCn4nnc5ccccc54)ccc31)[C@H](C(=O)NCCc1ccccn1)[C@H]1C(=O)O[C@H](c3ccccc3)[C@H](c3ccccc3)N1[C@@H]2c1cccc(OCCO)c1. The van der Waals surface area contributed by atoms with E-state index in [9.17, 15) is 9.90 Å². The summed E-state index contributed by atoms with van der Waals surface area (Å²) in [4.78, 5) is 69.6. The molecule has 2 saturated heterocycles. The molecular formula is C55H49N7O9. The zero-order valence-corrected chi connectivity index (χ0v) is 38.7. The molecule has 5 aromatic carbocycles. The Morgan fingerprint density at radius 2 is 1.58 bits per heavy atom. The Labute approximate surface area is 409 Å². The third-order valence-electron chi connectivity index (χ3n) is 13.3. The minimum absolute atomic E-state index is 0.0305. The van der Waals surface area contributed by atoms with Crippen LogP contribution in [0.15, 0.2) is 152 Å². The predicted molar refractivity (Wildman–Crippen MR) is 260 cm³/mol. The Morgan fingerprint density at radius 1 is 0.817 bits per heavy atom. The molecule has 5 heterocycles. The number of nitrogens with zero attached hydrogens (tertiary/aromatic N) is 6. The standard InChI is InChI=1S/C55H49N7O9/c1-68-32-33-70-54(67)61-44-25-24-36(14-13-29-60-45-23-9-8-22-43(45)58-59-60)34-42(44)55(53(61)66)46(51(64)57-28-26-40-20-10-11-27-56-40)48-52(65)71-49(38-17-6-3-7-18-38)47(37-15-4-2-5-16-37)62(48)50(55)39-19-12-21-41(35-39)69-31-30-63/h2-12,15-25,27,34-35,46-50,63H,26,28-33H2,1H3,(H,57,64)/t46-,47-,48-,49+,50+,55-/m0/s1. The van der Waals surface area contributed by atoms with Gasteiger partial charge in [0.15, 0.2) is 0 Å². The molecule has 0 aliphatic carbocycles. The summed E-state index contributed by atoms with van der Waals surface area (Å²) in [5.74, 6) is 3.11. The van der Waals surface area contributed by atoms with Gasteiger partial charge in [0.2, 0.25) is 11.8 Å². The molecule has 2 N–H and O–H groups in total. The first-order valence-electron chi connectivity index (χ1n) is 23.3. The number of ether oxygens (including phenoxy) is 4. The second-order valence-corrected chi connectivity index (χ2v) is 17.3. The largest absolute Gasteiger partial charge is 0.491 e. The number of morpholine rings is 1. The molecule has 2 aromatic heterocycles. The molecule has 3 aliphatic heterocycles. The summed E-state index contributed by atoms with van der Waals surface area (Å²) in [5.41, 5.74) is 2.95. The molecule has 358 valence electrons. The maximum atomic E-state index is 16.5. The van der Waals surface area contributed by atoms with Gasteiger partial charge in [0.05, 0.1) is 42.4 Å². The predicted octanol–water partition coefficient (Wildman–Crippen LogP) is 6.06. The van der Waals surface area contributed by atoms with Gasteiger partial charge in [-0.15, -0.1) is 5.10 Å². The lowest BCUT2D eigenvalue weighted by Gasteiger charge is -2.46. The van der Waals surface area contributed by atoms with E-state index in [0.29, 0.717) is 34.4 Å². The number of aliphatic hydroxyl groups excluding tert-OH is 1. The number of aliphatic hydroxyl groups is 1. The first-order chi connectivity index (χ1) is 34.8. The minimum atomic E-state index is -2.07. The highest BCUT2D eigenvalue weighted by molar-refractivity contribution is 6.23. The van der Waals surface area contributed by atoms with E-state index in [1.807, 2.05) is 108 Å². The molecule has 10 rings (SSSR count). The molecule has 7 aromatic rings. The number of amides is 3. The second kappa shape index (κ2) is 20.4. The second-order valence-electron chi connectivity index (χ2n) is 17.3. The first kappa shape index (κ1) is 46.5. The van der Waals surface area contributed by atoms with Gasteiger partial charge in [0, 0.05) is 37.5 Å². The number of carbonyl (C=O) groups is 4. The first-order valence-corrected chi connectivity index (χ1v) is 23.3. The molecule has 71 heavy (non-hydrogen) atoms. The van der Waals surface area contributed by atoms with Gasteiger partial charge < -0.3 is 29.4 Å². The van der Waals surface area contributed by atoms with Gasteiger partial charge in [-0.2, -0.15) is 0 Å². The maximum absolute atomic E-state index is 16.5. The number of carbonyl (C=O) groups excluding carboxylic acids is 4. The number of methoxy groups -OCH3 is 1. The number of aromatic nitrogens is 4. The number of anilines is 1. The fourth-order valence-electron chi connectivity index (χ4n) is 10.4. The number of cyclic esters (lactones) is 1. The summed E-state index contributed by atoms with van der Waals surface area (Å²) in [5, 5.41) is 21.5. The topological polar surface area (TPSA) is 188 Å². The summed E-state index contributed by atoms with van der Waals surface area (Å²) in [6.07, 6.45) is 0.0742. The number of fused-ring (bicyclic) bond motifs is 4. The molecule has 0 unspecified atom stereocenters. The van der Waals surface area contributed by atoms with Crippen LogP contribution in [-0.2, 0) is 47.0 Å². The zero-order valence-electron chi connectivity index (χ0n) is 38.7. The number of nitrogens with one attached hydrogen (secondary N) is 1. The molecule has 6 atom stereocenters. The third kappa shape index (κ3) is 8.64. The van der Waals surface area contributed by atoms with Gasteiger partial charge in [-0.05, 0) is 76.9 Å². The summed E-state index contributed by atoms with van der Waals surface area (Å²) in [7, 11) is 1.47. The van der Waals surface area contributed by atoms with E-state index >= 15 is 14.4 Å². The number of benzene rings is 5. The fraction of sp³-hybridized carbons (Fsp3) is 0.255. The van der Waals surface area contributed by atoms with Crippen LogP contribution >= 0.6 is 0 Å². The Morgan fingerprint density at radius 3 is 2.35 bits per heavy atom. The highest BCUT2D eigenvalue weighted by atomic mass is 16.6. The van der Waals surface area contributed by atoms with Crippen LogP contribution in [0.1, 0.15) is 51.7 Å². The molecule has 0 saturated carbocycles. The number of hydrogen-bond donors (Lipinski definition) is 2. The van der Waals surface area contributed by atoms with E-state index in [1.165, 1.54) is 7.11 Å². The van der Waals surface area contributed by atoms with Crippen LogP contribution in [-0.4, -0.2) is 100.0 Å². The smallest absolute Gasteiger partial charge is 0.421 e. The van der Waals surface area contributed by atoms with E-state index in [-0.39, 0.29) is 50.8 Å². The van der Waals surface area contributed by atoms with Crippen LogP contribution in [0.25, 0.3) is 11.0 Å². The summed E-state index contributed by atoms with van der Waals surface area (Å²) < 4.78 is 25.2. The molecule has 3 aliphatic rings. The summed E-state index contributed by atoms with van der Waals surface area (Å²) in [6, 6.07) is 40.6. The van der Waals surface area contributed by atoms with Crippen LogP contribution in [0.2, 0.25) is 0 Å². The highest BCUT2D eigenvalue weighted by Crippen LogP contribution is 2.66. The Balaban J connectivity index is 1.22. The minimum Gasteiger partial charge on any atom is -0.491 e. The van der Waals surface area contributed by atoms with Gasteiger partial charge in [-0.25, -0.2) is 14.4 Å². The van der Waals surface area contributed by atoms with Crippen molar-refractivity contribution < 1.29 is 43.2 Å². The van der Waals surface area contributed by atoms with Crippen molar-refractivity contribution in [3.63, 3.8) is 0 Å². The van der Waals surface area contributed by atoms with Crippen LogP contribution < -0.4 is 15.0 Å². The number of pyridine rings is 1. The van der Waals surface area contributed by atoms with Crippen molar-refractivity contribution >= 4 is 40.6 Å². The van der Waals surface area contributed by atoms with Crippen molar-refractivity contribution in [1.82, 2.24) is 30.2 Å². The maximum Gasteiger partial charge on any atom is 0.421 e. The third-order valence-corrected chi connectivity index (χ3v) is 13.3. The van der Waals surface area contributed by atoms with E-state index in [1.54, 1.807) is 53.3 Å². The Hall–Kier alpha value is -8.23. The lowest BCUT2D eigenvalue weighted by Crippen LogP contribution is -2.56. The van der Waals surface area contributed by atoms with E-state index in [0.717, 1.165) is 21.7 Å². The van der Waals surface area contributed by atoms with Gasteiger partial charge in [0.1, 0.15) is 48.6 Å². The number of rotatable bonds is 14. The average Bonchev–Trinajstić information content (AvgIpc) is 4.05. The number of para-hydroxylation sites is 1. The quantitative estimate of drug-likeness (QED) is 0.0729. The molecule has 0 bridgehead atoms. The lowest BCUT2D eigenvalue weighted by atomic mass is 9.65.